The van der Waals surface area contributed by atoms with Crippen molar-refractivity contribution in [3.8, 4) is 11.8 Å². The van der Waals surface area contributed by atoms with Crippen molar-refractivity contribution in [2.45, 2.75) is 25.8 Å². The molecule has 108 valence electrons. The highest BCUT2D eigenvalue weighted by molar-refractivity contribution is 5.54. The lowest BCUT2D eigenvalue weighted by Gasteiger charge is -2.26. The Morgan fingerprint density at radius 2 is 1.81 bits per heavy atom. The van der Waals surface area contributed by atoms with Crippen LogP contribution in [0.25, 0.3) is 0 Å². The van der Waals surface area contributed by atoms with Crippen molar-refractivity contribution in [1.82, 2.24) is 0 Å². The Morgan fingerprint density at radius 1 is 1.14 bits per heavy atom. The summed E-state index contributed by atoms with van der Waals surface area (Å²) in [6.07, 6.45) is 0.571. The second kappa shape index (κ2) is 6.32. The molecular formula is C18H20N2O. The number of hydrogen-bond acceptors (Lipinski definition) is 3. The summed E-state index contributed by atoms with van der Waals surface area (Å²) in [5, 5.41) is 13.0. The Hall–Kier alpha value is -2.47. The van der Waals surface area contributed by atoms with Crippen LogP contribution >= 0.6 is 0 Å². The van der Waals surface area contributed by atoms with E-state index in [1.807, 2.05) is 62.4 Å². The van der Waals surface area contributed by atoms with E-state index < -0.39 is 5.54 Å². The minimum Gasteiger partial charge on any atom is -0.496 e. The number of para-hydroxylation sites is 2. The fraction of sp³-hybridized carbons (Fsp3) is 0.278. The van der Waals surface area contributed by atoms with Crippen LogP contribution in [0.1, 0.15) is 18.1 Å². The van der Waals surface area contributed by atoms with Crippen LogP contribution in [0, 0.1) is 18.3 Å². The number of hydrogen-bond donors (Lipinski definition) is 1. The standard InChI is InChI=1S/C18H20N2O/c1-14-8-4-6-10-16(14)20-18(2,13-19)12-15-9-5-7-11-17(15)21-3/h4-11,20H,12H2,1-3H3. The van der Waals surface area contributed by atoms with Crippen LogP contribution in [-0.4, -0.2) is 12.6 Å². The van der Waals surface area contributed by atoms with Gasteiger partial charge in [-0.3, -0.25) is 0 Å². The summed E-state index contributed by atoms with van der Waals surface area (Å²) in [5.74, 6) is 0.811. The zero-order valence-corrected chi connectivity index (χ0v) is 12.7. The molecule has 0 amide bonds. The highest BCUT2D eigenvalue weighted by Crippen LogP contribution is 2.26. The van der Waals surface area contributed by atoms with Gasteiger partial charge in [0.1, 0.15) is 11.3 Å². The van der Waals surface area contributed by atoms with Gasteiger partial charge in [0.2, 0.25) is 0 Å². The van der Waals surface area contributed by atoms with Gasteiger partial charge in [-0.15, -0.1) is 0 Å². The van der Waals surface area contributed by atoms with E-state index in [1.165, 1.54) is 0 Å². The molecule has 0 saturated carbocycles. The number of ether oxygens (including phenoxy) is 1. The molecule has 0 saturated heterocycles. The second-order valence-corrected chi connectivity index (χ2v) is 5.37. The van der Waals surface area contributed by atoms with Crippen molar-refractivity contribution in [2.75, 3.05) is 12.4 Å². The molecular weight excluding hydrogens is 260 g/mol. The molecule has 1 unspecified atom stereocenters. The summed E-state index contributed by atoms with van der Waals surface area (Å²) >= 11 is 0. The van der Waals surface area contributed by atoms with Crippen molar-refractivity contribution in [3.05, 3.63) is 59.7 Å². The molecule has 0 fully saturated rings. The number of nitriles is 1. The van der Waals surface area contributed by atoms with Crippen molar-refractivity contribution in [2.24, 2.45) is 0 Å². The minimum absolute atomic E-state index is 0.571. The molecule has 1 N–H and O–H groups in total. The summed E-state index contributed by atoms with van der Waals surface area (Å²) in [6.45, 7) is 3.94. The summed E-state index contributed by atoms with van der Waals surface area (Å²) in [4.78, 5) is 0. The number of nitrogens with one attached hydrogen (secondary N) is 1. The molecule has 0 aromatic heterocycles. The van der Waals surface area contributed by atoms with Crippen LogP contribution in [-0.2, 0) is 6.42 Å². The third kappa shape index (κ3) is 3.55. The maximum absolute atomic E-state index is 9.61. The van der Waals surface area contributed by atoms with Gasteiger partial charge in [-0.05, 0) is 37.1 Å². The zero-order valence-electron chi connectivity index (χ0n) is 12.7. The average molecular weight is 280 g/mol. The van der Waals surface area contributed by atoms with E-state index in [-0.39, 0.29) is 0 Å². The van der Waals surface area contributed by atoms with Crippen LogP contribution in [0.2, 0.25) is 0 Å². The summed E-state index contributed by atoms with van der Waals surface area (Å²) in [7, 11) is 1.65. The first-order chi connectivity index (χ1) is 10.1. The first kappa shape index (κ1) is 14.9. The molecule has 0 aliphatic carbocycles. The summed E-state index contributed by atoms with van der Waals surface area (Å²) in [6, 6.07) is 18.2. The maximum Gasteiger partial charge on any atom is 0.126 e. The Morgan fingerprint density at radius 3 is 2.48 bits per heavy atom. The first-order valence-electron chi connectivity index (χ1n) is 6.95. The average Bonchev–Trinajstić information content (AvgIpc) is 2.50. The normalized spacial score (nSPS) is 13.0. The van der Waals surface area contributed by atoms with Gasteiger partial charge in [0, 0.05) is 12.1 Å². The van der Waals surface area contributed by atoms with Crippen molar-refractivity contribution < 1.29 is 4.74 Å². The number of anilines is 1. The molecule has 2 aromatic carbocycles. The van der Waals surface area contributed by atoms with Gasteiger partial charge >= 0.3 is 0 Å². The molecule has 2 aromatic rings. The van der Waals surface area contributed by atoms with E-state index in [0.717, 1.165) is 22.6 Å². The molecule has 0 spiro atoms. The number of rotatable bonds is 5. The van der Waals surface area contributed by atoms with Crippen LogP contribution < -0.4 is 10.1 Å². The molecule has 0 aliphatic heterocycles. The fourth-order valence-corrected chi connectivity index (χ4v) is 2.35. The van der Waals surface area contributed by atoms with Crippen molar-refractivity contribution in [1.29, 1.82) is 5.26 Å². The van der Waals surface area contributed by atoms with Gasteiger partial charge < -0.3 is 10.1 Å². The smallest absolute Gasteiger partial charge is 0.126 e. The van der Waals surface area contributed by atoms with Crippen molar-refractivity contribution >= 4 is 5.69 Å². The number of benzene rings is 2. The topological polar surface area (TPSA) is 45.0 Å². The van der Waals surface area contributed by atoms with Crippen molar-refractivity contribution in [3.63, 3.8) is 0 Å². The van der Waals surface area contributed by atoms with E-state index in [1.54, 1.807) is 7.11 Å². The Labute approximate surface area is 126 Å². The van der Waals surface area contributed by atoms with Crippen LogP contribution in [0.4, 0.5) is 5.69 Å². The van der Waals surface area contributed by atoms with Gasteiger partial charge in [0.15, 0.2) is 0 Å². The van der Waals surface area contributed by atoms with E-state index in [0.29, 0.717) is 6.42 Å². The van der Waals surface area contributed by atoms with Crippen LogP contribution in [0.3, 0.4) is 0 Å². The number of nitrogens with zero attached hydrogens (tertiary/aromatic N) is 1. The summed E-state index contributed by atoms with van der Waals surface area (Å²) in [5.41, 5.74) is 2.43. The second-order valence-electron chi connectivity index (χ2n) is 5.37. The SMILES string of the molecule is COc1ccccc1CC(C)(C#N)Nc1ccccc1C. The van der Waals surface area contributed by atoms with E-state index in [9.17, 15) is 5.26 Å². The molecule has 1 atom stereocenters. The molecule has 2 rings (SSSR count). The zero-order chi connectivity index (χ0) is 15.3. The molecule has 0 bridgehead atoms. The lowest BCUT2D eigenvalue weighted by atomic mass is 9.93. The minimum atomic E-state index is -0.694. The monoisotopic (exact) mass is 280 g/mol. The predicted molar refractivity (Wildman–Crippen MR) is 85.5 cm³/mol. The van der Waals surface area contributed by atoms with Crippen LogP contribution in [0.5, 0.6) is 5.75 Å². The highest BCUT2D eigenvalue weighted by atomic mass is 16.5. The highest BCUT2D eigenvalue weighted by Gasteiger charge is 2.26. The summed E-state index contributed by atoms with van der Waals surface area (Å²) < 4.78 is 5.37. The van der Waals surface area contributed by atoms with E-state index in [2.05, 4.69) is 11.4 Å². The first-order valence-corrected chi connectivity index (χ1v) is 6.95. The number of methoxy groups -OCH3 is 1. The van der Waals surface area contributed by atoms with Gasteiger partial charge in [0.05, 0.1) is 13.2 Å². The Balaban J connectivity index is 2.26. The fourth-order valence-electron chi connectivity index (χ4n) is 2.35. The Kier molecular flexibility index (Phi) is 4.49. The third-order valence-corrected chi connectivity index (χ3v) is 3.54. The molecule has 0 radical (unpaired) electrons. The van der Waals surface area contributed by atoms with Crippen LogP contribution in [0.15, 0.2) is 48.5 Å². The molecule has 0 heterocycles. The molecule has 3 heteroatoms. The van der Waals surface area contributed by atoms with Gasteiger partial charge in [-0.25, -0.2) is 0 Å². The molecule has 21 heavy (non-hydrogen) atoms. The number of aryl methyl sites for hydroxylation is 1. The third-order valence-electron chi connectivity index (χ3n) is 3.54. The molecule has 3 nitrogen and oxygen atoms in total. The largest absolute Gasteiger partial charge is 0.496 e. The van der Waals surface area contributed by atoms with Gasteiger partial charge in [0.25, 0.3) is 0 Å². The quantitative estimate of drug-likeness (QED) is 0.902. The van der Waals surface area contributed by atoms with E-state index in [4.69, 9.17) is 4.74 Å². The maximum atomic E-state index is 9.61. The van der Waals surface area contributed by atoms with E-state index >= 15 is 0 Å². The lowest BCUT2D eigenvalue weighted by molar-refractivity contribution is 0.407. The van der Waals surface area contributed by atoms with Gasteiger partial charge in [-0.1, -0.05) is 36.4 Å². The predicted octanol–water partition coefficient (Wildman–Crippen LogP) is 3.94. The van der Waals surface area contributed by atoms with Gasteiger partial charge in [-0.2, -0.15) is 5.26 Å². The lowest BCUT2D eigenvalue weighted by Crippen LogP contribution is -2.35. The Bertz CT molecular complexity index is 660. The molecule has 0 aliphatic rings.